The maximum absolute atomic E-state index is 12.3. The number of nitrogens with one attached hydrogen (secondary N) is 1. The van der Waals surface area contributed by atoms with Crippen molar-refractivity contribution in [2.75, 3.05) is 5.32 Å². The first-order chi connectivity index (χ1) is 10.4. The van der Waals surface area contributed by atoms with Crippen molar-refractivity contribution < 1.29 is 24.6 Å². The fourth-order valence-electron chi connectivity index (χ4n) is 2.72. The maximum Gasteiger partial charge on any atom is 0.335 e. The van der Waals surface area contributed by atoms with Crippen LogP contribution in [0.25, 0.3) is 0 Å². The topological polar surface area (TPSA) is 104 Å². The minimum absolute atomic E-state index is 0.00173. The van der Waals surface area contributed by atoms with E-state index >= 15 is 0 Å². The molecule has 0 radical (unpaired) electrons. The number of amides is 1. The van der Waals surface area contributed by atoms with Crippen LogP contribution in [-0.4, -0.2) is 28.1 Å². The summed E-state index contributed by atoms with van der Waals surface area (Å²) in [4.78, 5) is 34.5. The summed E-state index contributed by atoms with van der Waals surface area (Å²) in [5, 5.41) is 20.9. The fraction of sp³-hybridized carbons (Fsp3) is 0.400. The minimum atomic E-state index is -1.13. The Labute approximate surface area is 132 Å². The Morgan fingerprint density at radius 3 is 2.32 bits per heavy atom. The molecule has 7 heteroatoms. The highest BCUT2D eigenvalue weighted by atomic mass is 35.5. The molecule has 22 heavy (non-hydrogen) atoms. The average Bonchev–Trinajstić information content (AvgIpc) is 2.49. The van der Waals surface area contributed by atoms with Gasteiger partial charge in [0.25, 0.3) is 0 Å². The van der Waals surface area contributed by atoms with Crippen molar-refractivity contribution in [2.24, 2.45) is 11.8 Å². The zero-order valence-corrected chi connectivity index (χ0v) is 12.5. The Balaban J connectivity index is 2.19. The van der Waals surface area contributed by atoms with Gasteiger partial charge in [-0.1, -0.05) is 24.4 Å². The summed E-state index contributed by atoms with van der Waals surface area (Å²) in [5.41, 5.74) is 0.180. The molecule has 3 N–H and O–H groups in total. The summed E-state index contributed by atoms with van der Waals surface area (Å²) < 4.78 is 0. The average molecular weight is 326 g/mol. The molecule has 2 rings (SSSR count). The van der Waals surface area contributed by atoms with Gasteiger partial charge in [-0.25, -0.2) is 4.79 Å². The van der Waals surface area contributed by atoms with Crippen LogP contribution in [-0.2, 0) is 9.59 Å². The predicted molar refractivity (Wildman–Crippen MR) is 80.1 cm³/mol. The van der Waals surface area contributed by atoms with Crippen LogP contribution in [0.3, 0.4) is 0 Å². The van der Waals surface area contributed by atoms with E-state index < -0.39 is 29.7 Å². The molecule has 0 aromatic heterocycles. The number of carboxylic acid groups (broad SMARTS) is 2. The number of hydrogen-bond acceptors (Lipinski definition) is 3. The highest BCUT2D eigenvalue weighted by molar-refractivity contribution is 6.33. The number of benzene rings is 1. The van der Waals surface area contributed by atoms with Gasteiger partial charge in [0.2, 0.25) is 5.91 Å². The molecular formula is C15H16ClNO5. The Hall–Kier alpha value is -2.08. The van der Waals surface area contributed by atoms with E-state index in [0.29, 0.717) is 12.8 Å². The van der Waals surface area contributed by atoms with E-state index in [4.69, 9.17) is 16.7 Å². The van der Waals surface area contributed by atoms with Crippen LogP contribution in [0.4, 0.5) is 5.69 Å². The number of aromatic carboxylic acids is 1. The molecule has 1 amide bonds. The van der Waals surface area contributed by atoms with Gasteiger partial charge in [-0.15, -0.1) is 0 Å². The molecular weight excluding hydrogens is 310 g/mol. The molecule has 0 bridgehead atoms. The number of halogens is 1. The maximum atomic E-state index is 12.3. The first kappa shape index (κ1) is 16.3. The first-order valence-electron chi connectivity index (χ1n) is 6.96. The van der Waals surface area contributed by atoms with Crippen molar-refractivity contribution in [3.05, 3.63) is 28.8 Å². The third kappa shape index (κ3) is 3.57. The second-order valence-electron chi connectivity index (χ2n) is 5.32. The molecule has 0 aliphatic heterocycles. The summed E-state index contributed by atoms with van der Waals surface area (Å²) in [6.45, 7) is 0. The van der Waals surface area contributed by atoms with Gasteiger partial charge in [-0.2, -0.15) is 0 Å². The van der Waals surface area contributed by atoms with Crippen LogP contribution >= 0.6 is 11.6 Å². The number of carbonyl (C=O) groups is 3. The van der Waals surface area contributed by atoms with Crippen LogP contribution in [0.2, 0.25) is 5.02 Å². The van der Waals surface area contributed by atoms with E-state index in [9.17, 15) is 19.5 Å². The van der Waals surface area contributed by atoms with Crippen molar-refractivity contribution in [3.8, 4) is 0 Å². The van der Waals surface area contributed by atoms with E-state index in [1.165, 1.54) is 18.2 Å². The van der Waals surface area contributed by atoms with Crippen molar-refractivity contribution in [3.63, 3.8) is 0 Å². The van der Waals surface area contributed by atoms with Crippen LogP contribution in [0.15, 0.2) is 18.2 Å². The lowest BCUT2D eigenvalue weighted by atomic mass is 9.78. The summed E-state index contributed by atoms with van der Waals surface area (Å²) >= 11 is 5.96. The van der Waals surface area contributed by atoms with Gasteiger partial charge >= 0.3 is 11.9 Å². The molecule has 1 aromatic carbocycles. The van der Waals surface area contributed by atoms with Gasteiger partial charge < -0.3 is 15.5 Å². The van der Waals surface area contributed by atoms with E-state index in [1.54, 1.807) is 0 Å². The summed E-state index contributed by atoms with van der Waals surface area (Å²) in [5.74, 6) is -3.89. The number of carbonyl (C=O) groups excluding carboxylic acids is 1. The predicted octanol–water partition coefficient (Wildman–Crippen LogP) is 2.87. The molecule has 0 spiro atoms. The Kier molecular flexibility index (Phi) is 5.03. The monoisotopic (exact) mass is 325 g/mol. The largest absolute Gasteiger partial charge is 0.481 e. The second-order valence-corrected chi connectivity index (χ2v) is 5.73. The highest BCUT2D eigenvalue weighted by Gasteiger charge is 2.35. The lowest BCUT2D eigenvalue weighted by molar-refractivity contribution is -0.147. The lowest BCUT2D eigenvalue weighted by Gasteiger charge is -2.27. The molecule has 1 aromatic rings. The standard InChI is InChI=1S/C15H16ClNO5/c16-11-6-5-8(14(19)20)7-12(11)17-13(18)9-3-1-2-4-10(9)15(21)22/h5-7,9-10H,1-4H2,(H,17,18)(H,19,20)(H,21,22)/t9-,10-/m1/s1. The van der Waals surface area contributed by atoms with Gasteiger partial charge in [0, 0.05) is 0 Å². The van der Waals surface area contributed by atoms with Crippen LogP contribution in [0.1, 0.15) is 36.0 Å². The summed E-state index contributed by atoms with van der Waals surface area (Å²) in [6.07, 6.45) is 2.55. The van der Waals surface area contributed by atoms with Crippen LogP contribution < -0.4 is 5.32 Å². The molecule has 1 aliphatic carbocycles. The van der Waals surface area contributed by atoms with Crippen molar-refractivity contribution >= 4 is 35.1 Å². The molecule has 0 heterocycles. The quantitative estimate of drug-likeness (QED) is 0.789. The molecule has 1 fully saturated rings. The number of carboxylic acids is 2. The fourth-order valence-corrected chi connectivity index (χ4v) is 2.88. The van der Waals surface area contributed by atoms with Gasteiger partial charge in [-0.05, 0) is 31.0 Å². The van der Waals surface area contributed by atoms with Crippen LogP contribution in [0, 0.1) is 11.8 Å². The van der Waals surface area contributed by atoms with Crippen LogP contribution in [0.5, 0.6) is 0 Å². The zero-order chi connectivity index (χ0) is 16.3. The van der Waals surface area contributed by atoms with Crippen molar-refractivity contribution in [1.82, 2.24) is 0 Å². The second kappa shape index (κ2) is 6.79. The molecule has 118 valence electrons. The Bertz CT molecular complexity index is 616. The summed E-state index contributed by atoms with van der Waals surface area (Å²) in [6, 6.07) is 3.98. The molecule has 0 unspecified atom stereocenters. The van der Waals surface area contributed by atoms with E-state index in [-0.39, 0.29) is 16.3 Å². The number of rotatable bonds is 4. The first-order valence-corrected chi connectivity index (χ1v) is 7.34. The third-order valence-electron chi connectivity index (χ3n) is 3.89. The van der Waals surface area contributed by atoms with Crippen molar-refractivity contribution in [1.29, 1.82) is 0 Å². The Morgan fingerprint density at radius 1 is 1.09 bits per heavy atom. The van der Waals surface area contributed by atoms with Gasteiger partial charge in [0.05, 0.1) is 28.1 Å². The van der Waals surface area contributed by atoms with Gasteiger partial charge in [-0.3, -0.25) is 9.59 Å². The lowest BCUT2D eigenvalue weighted by Crippen LogP contribution is -2.36. The van der Waals surface area contributed by atoms with E-state index in [2.05, 4.69) is 5.32 Å². The van der Waals surface area contributed by atoms with E-state index in [1.807, 2.05) is 0 Å². The molecule has 1 saturated carbocycles. The minimum Gasteiger partial charge on any atom is -0.481 e. The Morgan fingerprint density at radius 2 is 1.73 bits per heavy atom. The molecule has 0 saturated heterocycles. The smallest absolute Gasteiger partial charge is 0.335 e. The van der Waals surface area contributed by atoms with E-state index in [0.717, 1.165) is 12.8 Å². The summed E-state index contributed by atoms with van der Waals surface area (Å²) in [7, 11) is 0. The third-order valence-corrected chi connectivity index (χ3v) is 4.22. The number of aliphatic carboxylic acids is 1. The highest BCUT2D eigenvalue weighted by Crippen LogP contribution is 2.32. The normalized spacial score (nSPS) is 21.1. The zero-order valence-electron chi connectivity index (χ0n) is 11.7. The van der Waals surface area contributed by atoms with Gasteiger partial charge in [0.15, 0.2) is 0 Å². The molecule has 1 aliphatic rings. The van der Waals surface area contributed by atoms with Crippen molar-refractivity contribution in [2.45, 2.75) is 25.7 Å². The van der Waals surface area contributed by atoms with Gasteiger partial charge in [0.1, 0.15) is 0 Å². The number of anilines is 1. The number of hydrogen-bond donors (Lipinski definition) is 3. The SMILES string of the molecule is O=C(O)c1ccc(Cl)c(NC(=O)[C@@H]2CCCC[C@H]2C(=O)O)c1. The molecule has 6 nitrogen and oxygen atoms in total. The molecule has 2 atom stereocenters.